The Morgan fingerprint density at radius 2 is 2.11 bits per heavy atom. The number of rotatable bonds is 8. The van der Waals surface area contributed by atoms with Gasteiger partial charge in [-0.05, 0) is 18.6 Å². The number of halogens is 1. The lowest BCUT2D eigenvalue weighted by molar-refractivity contribution is 0.0524. The number of nitriles is 1. The molecule has 1 aliphatic heterocycles. The van der Waals surface area contributed by atoms with E-state index >= 15 is 4.39 Å². The molecule has 2 atom stereocenters. The van der Waals surface area contributed by atoms with Crippen molar-refractivity contribution in [2.75, 3.05) is 24.6 Å². The van der Waals surface area contributed by atoms with Crippen molar-refractivity contribution in [3.05, 3.63) is 69.8 Å². The predicted octanol–water partition coefficient (Wildman–Crippen LogP) is 1.97. The lowest BCUT2D eigenvalue weighted by Crippen LogP contribution is -2.38. The molecule has 182 valence electrons. The summed E-state index contributed by atoms with van der Waals surface area (Å²) in [6.07, 6.45) is 0.655. The second-order valence-corrected chi connectivity index (χ2v) is 8.30. The number of hydrogen-bond acceptors (Lipinski definition) is 8. The van der Waals surface area contributed by atoms with E-state index in [1.54, 1.807) is 11.8 Å². The smallest absolute Gasteiger partial charge is 0.343 e. The first-order valence-corrected chi connectivity index (χ1v) is 11.4. The van der Waals surface area contributed by atoms with Crippen molar-refractivity contribution < 1.29 is 19.0 Å². The molecule has 1 fully saturated rings. The minimum absolute atomic E-state index is 0.00504. The molecule has 1 aliphatic rings. The second kappa shape index (κ2) is 10.6. The molecule has 2 unspecified atom stereocenters. The molecular weight excluding hydrogens is 453 g/mol. The van der Waals surface area contributed by atoms with E-state index in [4.69, 9.17) is 10.00 Å². The van der Waals surface area contributed by atoms with Gasteiger partial charge in [-0.15, -0.1) is 0 Å². The SMILES string of the molecule is CCOC(=O)c1cn(CCC#N)c2nc(N3CC(O)C(NCc4ccccc4)C3)c(F)cc2c1=O. The van der Waals surface area contributed by atoms with Crippen molar-refractivity contribution in [2.45, 2.75) is 38.6 Å². The van der Waals surface area contributed by atoms with Crippen LogP contribution in [0.2, 0.25) is 0 Å². The summed E-state index contributed by atoms with van der Waals surface area (Å²) in [4.78, 5) is 31.2. The Morgan fingerprint density at radius 1 is 1.34 bits per heavy atom. The minimum atomic E-state index is -0.815. The van der Waals surface area contributed by atoms with Gasteiger partial charge in [0.25, 0.3) is 0 Å². The summed E-state index contributed by atoms with van der Waals surface area (Å²) in [6, 6.07) is 12.5. The molecule has 9 nitrogen and oxygen atoms in total. The number of carbonyl (C=O) groups excluding carboxylic acids is 1. The highest BCUT2D eigenvalue weighted by Gasteiger charge is 2.33. The van der Waals surface area contributed by atoms with Gasteiger partial charge in [0.15, 0.2) is 11.6 Å². The number of esters is 1. The summed E-state index contributed by atoms with van der Waals surface area (Å²) in [6.45, 7) is 2.87. The van der Waals surface area contributed by atoms with E-state index in [1.165, 1.54) is 10.8 Å². The zero-order valence-corrected chi connectivity index (χ0v) is 19.3. The quantitative estimate of drug-likeness (QED) is 0.471. The molecule has 10 heteroatoms. The molecule has 2 N–H and O–H groups in total. The van der Waals surface area contributed by atoms with Gasteiger partial charge in [0.1, 0.15) is 11.2 Å². The highest BCUT2D eigenvalue weighted by Crippen LogP contribution is 2.25. The maximum atomic E-state index is 15.2. The van der Waals surface area contributed by atoms with Crippen molar-refractivity contribution in [1.82, 2.24) is 14.9 Å². The van der Waals surface area contributed by atoms with E-state index < -0.39 is 23.3 Å². The molecule has 0 saturated carbocycles. The molecule has 0 amide bonds. The molecule has 35 heavy (non-hydrogen) atoms. The number of aliphatic hydroxyl groups is 1. The van der Waals surface area contributed by atoms with Gasteiger partial charge in [0.05, 0.1) is 36.6 Å². The van der Waals surface area contributed by atoms with E-state index in [2.05, 4.69) is 10.3 Å². The fourth-order valence-corrected chi connectivity index (χ4v) is 4.20. The fourth-order valence-electron chi connectivity index (χ4n) is 4.20. The van der Waals surface area contributed by atoms with E-state index in [-0.39, 0.29) is 54.6 Å². The summed E-state index contributed by atoms with van der Waals surface area (Å²) in [5.41, 5.74) is 0.290. The van der Waals surface area contributed by atoms with Gasteiger partial charge in [0, 0.05) is 32.4 Å². The van der Waals surface area contributed by atoms with Gasteiger partial charge < -0.3 is 24.6 Å². The first-order valence-electron chi connectivity index (χ1n) is 11.4. The third kappa shape index (κ3) is 5.16. The van der Waals surface area contributed by atoms with Crippen molar-refractivity contribution in [3.8, 4) is 6.07 Å². The summed E-state index contributed by atoms with van der Waals surface area (Å²) in [7, 11) is 0. The number of aromatic nitrogens is 2. The van der Waals surface area contributed by atoms with Gasteiger partial charge in [-0.3, -0.25) is 4.79 Å². The van der Waals surface area contributed by atoms with Crippen LogP contribution in [0.25, 0.3) is 11.0 Å². The molecule has 3 aromatic rings. The van der Waals surface area contributed by atoms with E-state index in [0.29, 0.717) is 13.1 Å². The Balaban J connectivity index is 1.66. The maximum Gasteiger partial charge on any atom is 0.343 e. The zero-order valence-electron chi connectivity index (χ0n) is 19.3. The largest absolute Gasteiger partial charge is 0.462 e. The number of aliphatic hydroxyl groups excluding tert-OH is 1. The normalized spacial score (nSPS) is 17.5. The Morgan fingerprint density at radius 3 is 2.83 bits per heavy atom. The highest BCUT2D eigenvalue weighted by molar-refractivity contribution is 5.93. The van der Waals surface area contributed by atoms with Gasteiger partial charge in [-0.25, -0.2) is 14.2 Å². The van der Waals surface area contributed by atoms with Crippen molar-refractivity contribution in [1.29, 1.82) is 5.26 Å². The summed E-state index contributed by atoms with van der Waals surface area (Å²) < 4.78 is 21.6. The molecule has 3 heterocycles. The maximum absolute atomic E-state index is 15.2. The second-order valence-electron chi connectivity index (χ2n) is 8.30. The average Bonchev–Trinajstić information content (AvgIpc) is 3.23. The monoisotopic (exact) mass is 479 g/mol. The number of nitrogens with one attached hydrogen (secondary N) is 1. The molecule has 1 saturated heterocycles. The van der Waals surface area contributed by atoms with Crippen LogP contribution in [0.15, 0.2) is 47.4 Å². The lowest BCUT2D eigenvalue weighted by Gasteiger charge is -2.20. The number of benzene rings is 1. The van der Waals surface area contributed by atoms with Crippen LogP contribution in [0.4, 0.5) is 10.2 Å². The Labute approximate surface area is 201 Å². The first-order chi connectivity index (χ1) is 16.9. The number of pyridine rings is 2. The minimum Gasteiger partial charge on any atom is -0.462 e. The van der Waals surface area contributed by atoms with Crippen LogP contribution in [0, 0.1) is 17.1 Å². The summed E-state index contributed by atoms with van der Waals surface area (Å²) in [5, 5.41) is 22.8. The number of hydrogen-bond donors (Lipinski definition) is 2. The standard InChI is InChI=1S/C25H26FN5O4/c1-2-35-25(34)18-13-30(10-6-9-27)23-17(22(18)33)11-19(26)24(29-23)31-14-20(21(32)15-31)28-12-16-7-4-3-5-8-16/h3-5,7-8,11,13,20-21,28,32H,2,6,10,12,14-15H2,1H3. The fraction of sp³-hybridized carbons (Fsp3) is 0.360. The van der Waals surface area contributed by atoms with Gasteiger partial charge in [-0.2, -0.15) is 5.26 Å². The van der Waals surface area contributed by atoms with Crippen LogP contribution in [-0.4, -0.2) is 52.5 Å². The Bertz CT molecular complexity index is 1320. The van der Waals surface area contributed by atoms with Gasteiger partial charge in [0.2, 0.25) is 5.43 Å². The third-order valence-corrected chi connectivity index (χ3v) is 5.94. The Kier molecular flexibility index (Phi) is 7.39. The van der Waals surface area contributed by atoms with Gasteiger partial charge >= 0.3 is 5.97 Å². The van der Waals surface area contributed by atoms with Crippen molar-refractivity contribution in [3.63, 3.8) is 0 Å². The molecule has 0 radical (unpaired) electrons. The Hall–Kier alpha value is -3.81. The van der Waals surface area contributed by atoms with Crippen molar-refractivity contribution in [2.24, 2.45) is 0 Å². The number of anilines is 1. The number of aryl methyl sites for hydroxylation is 1. The molecule has 0 spiro atoms. The van der Waals surface area contributed by atoms with Crippen LogP contribution in [0.3, 0.4) is 0 Å². The number of ether oxygens (including phenoxy) is 1. The molecular formula is C25H26FN5O4. The summed E-state index contributed by atoms with van der Waals surface area (Å²) in [5.74, 6) is -1.56. The van der Waals surface area contributed by atoms with Crippen LogP contribution < -0.4 is 15.6 Å². The van der Waals surface area contributed by atoms with Crippen LogP contribution in [-0.2, 0) is 17.8 Å². The number of fused-ring (bicyclic) bond motifs is 1. The van der Waals surface area contributed by atoms with Gasteiger partial charge in [-0.1, -0.05) is 30.3 Å². The number of carbonyl (C=O) groups is 1. The highest BCUT2D eigenvalue weighted by atomic mass is 19.1. The molecule has 2 aromatic heterocycles. The molecule has 0 bridgehead atoms. The van der Waals surface area contributed by atoms with E-state index in [1.807, 2.05) is 36.4 Å². The predicted molar refractivity (Wildman–Crippen MR) is 127 cm³/mol. The number of β-amino-alcohol motifs (C(OH)–C–C–N with tert-alkyl or cyclic N) is 1. The van der Waals surface area contributed by atoms with E-state index in [0.717, 1.165) is 11.6 Å². The average molecular weight is 480 g/mol. The molecule has 0 aliphatic carbocycles. The van der Waals surface area contributed by atoms with E-state index in [9.17, 15) is 14.7 Å². The molecule has 4 rings (SSSR count). The topological polar surface area (TPSA) is 120 Å². The van der Waals surface area contributed by atoms with Crippen LogP contribution >= 0.6 is 0 Å². The zero-order chi connectivity index (χ0) is 24.9. The van der Waals surface area contributed by atoms with Crippen LogP contribution in [0.1, 0.15) is 29.3 Å². The third-order valence-electron chi connectivity index (χ3n) is 5.94. The van der Waals surface area contributed by atoms with Crippen molar-refractivity contribution >= 4 is 22.8 Å². The number of nitrogens with zero attached hydrogens (tertiary/aromatic N) is 4. The first kappa shape index (κ1) is 24.3. The van der Waals surface area contributed by atoms with Crippen LogP contribution in [0.5, 0.6) is 0 Å². The molecule has 1 aromatic carbocycles. The lowest BCUT2D eigenvalue weighted by atomic mass is 10.1. The summed E-state index contributed by atoms with van der Waals surface area (Å²) >= 11 is 0.